The maximum absolute atomic E-state index is 10.0. The number of carboxylic acid groups (broad SMARTS) is 4. The van der Waals surface area contributed by atoms with Crippen molar-refractivity contribution in [2.45, 2.75) is 12.8 Å². The Morgan fingerprint density at radius 3 is 1.09 bits per heavy atom. The van der Waals surface area contributed by atoms with Crippen molar-refractivity contribution in [2.24, 2.45) is 0 Å². The van der Waals surface area contributed by atoms with Gasteiger partial charge in [-0.05, 0) is 0 Å². The highest BCUT2D eigenvalue weighted by atomic mass is 33.1. The van der Waals surface area contributed by atoms with E-state index in [0.717, 1.165) is 21.6 Å². The molecule has 4 N–H and O–H groups in total. The second-order valence-corrected chi connectivity index (χ2v) is 8.41. The van der Waals surface area contributed by atoms with Gasteiger partial charge in [-0.3, -0.25) is 19.2 Å². The lowest BCUT2D eigenvalue weighted by molar-refractivity contribution is -0.137. The molecule has 0 aromatic rings. The first-order valence-corrected chi connectivity index (χ1v) is 10.6. The van der Waals surface area contributed by atoms with E-state index in [4.69, 9.17) is 20.4 Å². The highest BCUT2D eigenvalue weighted by Gasteiger charge is 2.00. The fraction of sp³-hybridized carbons (Fsp3) is 0.600. The molecule has 0 spiro atoms. The van der Waals surface area contributed by atoms with Gasteiger partial charge in [0.1, 0.15) is 11.5 Å². The number of aliphatic carboxylic acids is 4. The number of hydrogen-bond acceptors (Lipinski definition) is 8. The summed E-state index contributed by atoms with van der Waals surface area (Å²) in [7, 11) is 4.84. The average Bonchev–Trinajstić information content (AvgIpc) is 2.38. The zero-order valence-electron chi connectivity index (χ0n) is 11.3. The SMILES string of the molecule is O=C(O)CCSSCCC(=O)O.O=C(O)CSSCC(=O)O. The minimum Gasteiger partial charge on any atom is -0.481 e. The molecule has 0 aliphatic heterocycles. The van der Waals surface area contributed by atoms with Crippen molar-refractivity contribution in [1.29, 1.82) is 0 Å². The predicted octanol–water partition coefficient (Wildman–Crippen LogP) is 1.85. The third-order valence-electron chi connectivity index (χ3n) is 1.33. The standard InChI is InChI=1S/C6H10O4S2.C4H6O4S2/c7-5(8)1-3-11-12-4-2-6(9)10;5-3(6)1-9-10-2-4(7)8/h1-4H2,(H,7,8)(H,9,10);1-2H2,(H,5,6)(H,7,8). The second-order valence-electron chi connectivity index (χ2n) is 3.24. The monoisotopic (exact) mass is 392 g/mol. The summed E-state index contributed by atoms with van der Waals surface area (Å²) in [4.78, 5) is 39.8. The molecule has 0 aromatic carbocycles. The smallest absolute Gasteiger partial charge is 0.314 e. The number of rotatable bonds is 12. The Hall–Kier alpha value is -0.720. The summed E-state index contributed by atoms with van der Waals surface area (Å²) >= 11 is 0. The van der Waals surface area contributed by atoms with Crippen molar-refractivity contribution in [3.05, 3.63) is 0 Å². The Balaban J connectivity index is 0. The fourth-order valence-electron chi connectivity index (χ4n) is 0.560. The van der Waals surface area contributed by atoms with Crippen LogP contribution < -0.4 is 0 Å². The average molecular weight is 392 g/mol. The third kappa shape index (κ3) is 27.6. The molecule has 0 rings (SSSR count). The van der Waals surface area contributed by atoms with Crippen LogP contribution in [0.2, 0.25) is 0 Å². The van der Waals surface area contributed by atoms with Gasteiger partial charge in [-0.15, -0.1) is 0 Å². The summed E-state index contributed by atoms with van der Waals surface area (Å²) in [6.07, 6.45) is 0.259. The zero-order valence-corrected chi connectivity index (χ0v) is 14.6. The molecule has 22 heavy (non-hydrogen) atoms. The van der Waals surface area contributed by atoms with Crippen molar-refractivity contribution in [1.82, 2.24) is 0 Å². The van der Waals surface area contributed by atoms with Crippen molar-refractivity contribution >= 4 is 67.1 Å². The molecule has 0 fully saturated rings. The van der Waals surface area contributed by atoms with Crippen molar-refractivity contribution in [2.75, 3.05) is 23.0 Å². The molecule has 0 amide bonds. The van der Waals surface area contributed by atoms with E-state index in [1.165, 1.54) is 21.6 Å². The minimum atomic E-state index is -0.928. The summed E-state index contributed by atoms with van der Waals surface area (Å²) in [6.45, 7) is 0. The summed E-state index contributed by atoms with van der Waals surface area (Å²) in [5, 5.41) is 32.7. The van der Waals surface area contributed by atoms with Gasteiger partial charge in [0.25, 0.3) is 0 Å². The molecule has 0 saturated carbocycles. The van der Waals surface area contributed by atoms with Crippen LogP contribution in [0.4, 0.5) is 0 Å². The summed E-state index contributed by atoms with van der Waals surface area (Å²) in [5.74, 6) is -2.55. The molecule has 0 aliphatic carbocycles. The zero-order chi connectivity index (χ0) is 17.4. The van der Waals surface area contributed by atoms with E-state index in [9.17, 15) is 19.2 Å². The van der Waals surface area contributed by atoms with Crippen LogP contribution in [0.3, 0.4) is 0 Å². The lowest BCUT2D eigenvalue weighted by atomic mass is 10.5. The lowest BCUT2D eigenvalue weighted by Gasteiger charge is -1.95. The topological polar surface area (TPSA) is 149 Å². The van der Waals surface area contributed by atoms with Crippen LogP contribution in [0.5, 0.6) is 0 Å². The number of carbonyl (C=O) groups is 4. The normalized spacial score (nSPS) is 9.45. The molecule has 0 heterocycles. The highest BCUT2D eigenvalue weighted by molar-refractivity contribution is 8.77. The second kappa shape index (κ2) is 16.6. The molecule has 0 aliphatic rings. The van der Waals surface area contributed by atoms with Gasteiger partial charge in [-0.2, -0.15) is 0 Å². The van der Waals surface area contributed by atoms with E-state index < -0.39 is 23.9 Å². The van der Waals surface area contributed by atoms with Crippen LogP contribution in [0, 0.1) is 0 Å². The van der Waals surface area contributed by atoms with E-state index in [-0.39, 0.29) is 24.3 Å². The molecule has 12 heteroatoms. The number of hydrogen-bond donors (Lipinski definition) is 4. The maximum Gasteiger partial charge on any atom is 0.314 e. The van der Waals surface area contributed by atoms with E-state index in [2.05, 4.69) is 0 Å². The molecular weight excluding hydrogens is 376 g/mol. The summed E-state index contributed by atoms with van der Waals surface area (Å²) in [6, 6.07) is 0. The molecule has 0 radical (unpaired) electrons. The first-order valence-electron chi connectivity index (χ1n) is 5.61. The van der Waals surface area contributed by atoms with Gasteiger partial charge >= 0.3 is 23.9 Å². The fourth-order valence-corrected chi connectivity index (χ4v) is 3.99. The van der Waals surface area contributed by atoms with Gasteiger partial charge in [0.15, 0.2) is 0 Å². The van der Waals surface area contributed by atoms with E-state index in [0.29, 0.717) is 11.5 Å². The van der Waals surface area contributed by atoms with Gasteiger partial charge in [0.2, 0.25) is 0 Å². The molecule has 0 saturated heterocycles. The van der Waals surface area contributed by atoms with E-state index >= 15 is 0 Å². The maximum atomic E-state index is 10.0. The van der Waals surface area contributed by atoms with Crippen molar-refractivity contribution in [3.8, 4) is 0 Å². The Bertz CT molecular complexity index is 329. The molecule has 0 atom stereocenters. The molecular formula is C10H16O8S4. The third-order valence-corrected chi connectivity index (χ3v) is 5.84. The first kappa shape index (κ1) is 23.5. The van der Waals surface area contributed by atoms with Crippen LogP contribution in [0.25, 0.3) is 0 Å². The predicted molar refractivity (Wildman–Crippen MR) is 89.6 cm³/mol. The van der Waals surface area contributed by atoms with Crippen LogP contribution >= 0.6 is 43.2 Å². The quantitative estimate of drug-likeness (QED) is 0.283. The Morgan fingerprint density at radius 2 is 0.864 bits per heavy atom. The van der Waals surface area contributed by atoms with Crippen LogP contribution in [0.15, 0.2) is 0 Å². The van der Waals surface area contributed by atoms with Crippen LogP contribution in [-0.2, 0) is 19.2 Å². The van der Waals surface area contributed by atoms with Crippen LogP contribution in [-0.4, -0.2) is 67.3 Å². The Kier molecular flexibility index (Phi) is 17.8. The summed E-state index contributed by atoms with van der Waals surface area (Å²) < 4.78 is 0. The Labute approximate surface area is 142 Å². The molecule has 0 unspecified atom stereocenters. The lowest BCUT2D eigenvalue weighted by Crippen LogP contribution is -1.99. The molecule has 0 bridgehead atoms. The molecule has 0 aromatic heterocycles. The highest BCUT2D eigenvalue weighted by Crippen LogP contribution is 2.22. The van der Waals surface area contributed by atoms with Crippen molar-refractivity contribution < 1.29 is 39.6 Å². The Morgan fingerprint density at radius 1 is 0.545 bits per heavy atom. The van der Waals surface area contributed by atoms with Crippen molar-refractivity contribution in [3.63, 3.8) is 0 Å². The number of carboxylic acids is 4. The van der Waals surface area contributed by atoms with E-state index in [1.807, 2.05) is 0 Å². The first-order chi connectivity index (χ1) is 10.3. The van der Waals surface area contributed by atoms with Gasteiger partial charge in [0.05, 0.1) is 12.8 Å². The molecule has 128 valence electrons. The van der Waals surface area contributed by atoms with Gasteiger partial charge in [-0.25, -0.2) is 0 Å². The summed E-state index contributed by atoms with van der Waals surface area (Å²) in [5.41, 5.74) is 0. The van der Waals surface area contributed by atoms with Gasteiger partial charge in [0, 0.05) is 11.5 Å². The van der Waals surface area contributed by atoms with Gasteiger partial charge in [-0.1, -0.05) is 43.2 Å². The molecule has 8 nitrogen and oxygen atoms in total. The largest absolute Gasteiger partial charge is 0.481 e. The van der Waals surface area contributed by atoms with Gasteiger partial charge < -0.3 is 20.4 Å². The van der Waals surface area contributed by atoms with E-state index in [1.54, 1.807) is 0 Å². The minimum absolute atomic E-state index is 0.0576. The van der Waals surface area contributed by atoms with Crippen LogP contribution in [0.1, 0.15) is 12.8 Å².